The topological polar surface area (TPSA) is 127 Å². The Morgan fingerprint density at radius 3 is 2.34 bits per heavy atom. The number of nitrogens with two attached hydrogens (primary N) is 1. The van der Waals surface area contributed by atoms with Crippen molar-refractivity contribution in [2.24, 2.45) is 5.14 Å². The van der Waals surface area contributed by atoms with Crippen LogP contribution in [0.15, 0.2) is 57.9 Å². The molecule has 152 valence electrons. The van der Waals surface area contributed by atoms with Crippen molar-refractivity contribution in [1.82, 2.24) is 0 Å². The van der Waals surface area contributed by atoms with Crippen molar-refractivity contribution in [1.29, 1.82) is 0 Å². The van der Waals surface area contributed by atoms with Crippen LogP contribution in [0.3, 0.4) is 0 Å². The third-order valence-corrected chi connectivity index (χ3v) is 6.73. The molecule has 0 unspecified atom stereocenters. The van der Waals surface area contributed by atoms with Crippen LogP contribution in [0.1, 0.15) is 6.42 Å². The first-order chi connectivity index (χ1) is 13.6. The van der Waals surface area contributed by atoms with E-state index in [4.69, 9.17) is 5.14 Å². The predicted octanol–water partition coefficient (Wildman–Crippen LogP) is 2.10. The number of nitrogens with one attached hydrogen (secondary N) is 1. The zero-order valence-corrected chi connectivity index (χ0v) is 18.1. The van der Waals surface area contributed by atoms with Gasteiger partial charge in [0.05, 0.1) is 21.6 Å². The average molecular weight is 498 g/mol. The van der Waals surface area contributed by atoms with Gasteiger partial charge in [0.15, 0.2) is 0 Å². The van der Waals surface area contributed by atoms with E-state index in [0.717, 1.165) is 21.1 Å². The number of imide groups is 1. The summed E-state index contributed by atoms with van der Waals surface area (Å²) < 4.78 is 23.3. The molecule has 1 aliphatic rings. The van der Waals surface area contributed by atoms with E-state index in [-0.39, 0.29) is 34.8 Å². The highest BCUT2D eigenvalue weighted by Crippen LogP contribution is 2.30. The molecule has 1 atom stereocenters. The summed E-state index contributed by atoms with van der Waals surface area (Å²) in [6.07, 6.45) is 0.0237. The van der Waals surface area contributed by atoms with Gasteiger partial charge in [-0.25, -0.2) is 18.5 Å². The number of hydrogen-bond acceptors (Lipinski definition) is 6. The Balaban J connectivity index is 1.57. The lowest BCUT2D eigenvalue weighted by molar-refractivity contribution is -0.121. The minimum absolute atomic E-state index is 0.0237. The minimum atomic E-state index is -3.80. The molecule has 2 aromatic rings. The van der Waals surface area contributed by atoms with Crippen LogP contribution in [0.2, 0.25) is 0 Å². The summed E-state index contributed by atoms with van der Waals surface area (Å²) in [5.41, 5.74) is 0.888. The second-order valence-electron chi connectivity index (χ2n) is 6.17. The molecule has 8 nitrogen and oxygen atoms in total. The normalized spacial score (nSPS) is 16.9. The van der Waals surface area contributed by atoms with Crippen LogP contribution in [-0.4, -0.2) is 37.1 Å². The molecule has 11 heteroatoms. The Hall–Kier alpha value is -2.21. The SMILES string of the molecule is NS(=O)(=O)c1ccc(NC(=O)CS[C@@H]2CC(=O)N(c3ccc(Br)cc3)C2=O)cc1. The van der Waals surface area contributed by atoms with E-state index in [1.807, 2.05) is 0 Å². The van der Waals surface area contributed by atoms with Crippen molar-refractivity contribution in [2.75, 3.05) is 16.0 Å². The highest BCUT2D eigenvalue weighted by Gasteiger charge is 2.40. The number of carbonyl (C=O) groups excluding carboxylic acids is 3. The number of hydrogen-bond donors (Lipinski definition) is 2. The van der Waals surface area contributed by atoms with Crippen molar-refractivity contribution in [2.45, 2.75) is 16.6 Å². The molecule has 0 saturated carbocycles. The van der Waals surface area contributed by atoms with Gasteiger partial charge in [0.2, 0.25) is 27.7 Å². The van der Waals surface area contributed by atoms with Crippen LogP contribution < -0.4 is 15.4 Å². The van der Waals surface area contributed by atoms with Crippen LogP contribution in [-0.2, 0) is 24.4 Å². The zero-order chi connectivity index (χ0) is 21.2. The fourth-order valence-electron chi connectivity index (χ4n) is 2.70. The Kier molecular flexibility index (Phi) is 6.42. The fourth-order valence-corrected chi connectivity index (χ4v) is 4.41. The summed E-state index contributed by atoms with van der Waals surface area (Å²) in [4.78, 5) is 38.0. The Labute approximate surface area is 180 Å². The summed E-state index contributed by atoms with van der Waals surface area (Å²) in [6.45, 7) is 0. The molecule has 3 N–H and O–H groups in total. The van der Waals surface area contributed by atoms with Crippen molar-refractivity contribution in [3.8, 4) is 0 Å². The molecule has 1 fully saturated rings. The van der Waals surface area contributed by atoms with Crippen LogP contribution in [0, 0.1) is 0 Å². The van der Waals surface area contributed by atoms with Gasteiger partial charge < -0.3 is 5.32 Å². The van der Waals surface area contributed by atoms with E-state index >= 15 is 0 Å². The number of amides is 3. The van der Waals surface area contributed by atoms with Crippen LogP contribution >= 0.6 is 27.7 Å². The summed E-state index contributed by atoms with van der Waals surface area (Å²) in [7, 11) is -3.80. The molecule has 0 radical (unpaired) electrons. The number of rotatable bonds is 6. The summed E-state index contributed by atoms with van der Waals surface area (Å²) >= 11 is 4.39. The lowest BCUT2D eigenvalue weighted by Crippen LogP contribution is -2.31. The largest absolute Gasteiger partial charge is 0.325 e. The fraction of sp³-hybridized carbons (Fsp3) is 0.167. The number of sulfonamides is 1. The molecular weight excluding hydrogens is 482 g/mol. The molecule has 0 bridgehead atoms. The summed E-state index contributed by atoms with van der Waals surface area (Å²) in [5, 5.41) is 7.00. The van der Waals surface area contributed by atoms with Crippen LogP contribution in [0.4, 0.5) is 11.4 Å². The Bertz CT molecular complexity index is 1060. The third kappa shape index (κ3) is 5.24. The smallest absolute Gasteiger partial charge is 0.247 e. The number of thioether (sulfide) groups is 1. The van der Waals surface area contributed by atoms with Gasteiger partial charge in [-0.1, -0.05) is 15.9 Å². The van der Waals surface area contributed by atoms with Gasteiger partial charge in [0.1, 0.15) is 0 Å². The lowest BCUT2D eigenvalue weighted by Gasteiger charge is -2.15. The molecular formula is C18H16BrN3O5S2. The first-order valence-corrected chi connectivity index (χ1v) is 11.7. The van der Waals surface area contributed by atoms with Crippen molar-refractivity contribution >= 4 is 66.8 Å². The molecule has 1 aliphatic heterocycles. The maximum absolute atomic E-state index is 12.6. The molecule has 0 aliphatic carbocycles. The Morgan fingerprint density at radius 1 is 1.14 bits per heavy atom. The lowest BCUT2D eigenvalue weighted by atomic mass is 10.3. The highest BCUT2D eigenvalue weighted by atomic mass is 79.9. The van der Waals surface area contributed by atoms with Gasteiger partial charge in [0.25, 0.3) is 0 Å². The molecule has 0 aromatic heterocycles. The predicted molar refractivity (Wildman–Crippen MR) is 114 cm³/mol. The molecule has 2 aromatic carbocycles. The molecule has 3 amide bonds. The number of nitrogens with zero attached hydrogens (tertiary/aromatic N) is 1. The molecule has 1 heterocycles. The zero-order valence-electron chi connectivity index (χ0n) is 14.9. The Morgan fingerprint density at radius 2 is 1.76 bits per heavy atom. The monoisotopic (exact) mass is 497 g/mol. The first-order valence-electron chi connectivity index (χ1n) is 8.32. The van der Waals surface area contributed by atoms with E-state index in [9.17, 15) is 22.8 Å². The quantitative estimate of drug-likeness (QED) is 0.588. The number of carbonyl (C=O) groups is 3. The van der Waals surface area contributed by atoms with E-state index in [1.165, 1.54) is 24.3 Å². The molecule has 29 heavy (non-hydrogen) atoms. The second-order valence-corrected chi connectivity index (χ2v) is 9.83. The van der Waals surface area contributed by atoms with Gasteiger partial charge in [0, 0.05) is 16.6 Å². The maximum atomic E-state index is 12.6. The summed E-state index contributed by atoms with van der Waals surface area (Å²) in [5.74, 6) is -1.07. The van der Waals surface area contributed by atoms with Crippen LogP contribution in [0.25, 0.3) is 0 Å². The summed E-state index contributed by atoms with van der Waals surface area (Å²) in [6, 6.07) is 12.2. The van der Waals surface area contributed by atoms with Gasteiger partial charge in [-0.2, -0.15) is 0 Å². The number of primary sulfonamides is 1. The number of halogens is 1. The molecule has 1 saturated heterocycles. The number of benzene rings is 2. The maximum Gasteiger partial charge on any atom is 0.247 e. The van der Waals surface area contributed by atoms with E-state index in [1.54, 1.807) is 24.3 Å². The van der Waals surface area contributed by atoms with Crippen molar-refractivity contribution < 1.29 is 22.8 Å². The second kappa shape index (κ2) is 8.66. The van der Waals surface area contributed by atoms with Gasteiger partial charge in [-0.3, -0.25) is 14.4 Å². The van der Waals surface area contributed by atoms with Crippen molar-refractivity contribution in [3.05, 3.63) is 53.0 Å². The van der Waals surface area contributed by atoms with Crippen LogP contribution in [0.5, 0.6) is 0 Å². The number of anilines is 2. The first kappa shape index (κ1) is 21.5. The van der Waals surface area contributed by atoms with E-state index in [2.05, 4.69) is 21.2 Å². The van der Waals surface area contributed by atoms with E-state index < -0.39 is 15.3 Å². The minimum Gasteiger partial charge on any atom is -0.325 e. The average Bonchev–Trinajstić information content (AvgIpc) is 2.94. The van der Waals surface area contributed by atoms with Gasteiger partial charge in [-0.15, -0.1) is 11.8 Å². The third-order valence-electron chi connectivity index (χ3n) is 4.07. The van der Waals surface area contributed by atoms with E-state index in [0.29, 0.717) is 11.4 Å². The van der Waals surface area contributed by atoms with Gasteiger partial charge >= 0.3 is 0 Å². The van der Waals surface area contributed by atoms with Crippen molar-refractivity contribution in [3.63, 3.8) is 0 Å². The standard InChI is InChI=1S/C18H16BrN3O5S2/c19-11-1-5-13(6-2-11)22-17(24)9-15(18(22)25)28-10-16(23)21-12-3-7-14(8-4-12)29(20,26)27/h1-8,15H,9-10H2,(H,21,23)(H2,20,26,27)/t15-/m1/s1. The molecule has 3 rings (SSSR count). The van der Waals surface area contributed by atoms with Gasteiger partial charge in [-0.05, 0) is 48.5 Å². The highest BCUT2D eigenvalue weighted by molar-refractivity contribution is 9.10. The molecule has 0 spiro atoms.